The molecule has 24 heavy (non-hydrogen) atoms. The lowest BCUT2D eigenvalue weighted by atomic mass is 10.2. The van der Waals surface area contributed by atoms with Crippen LogP contribution in [0.2, 0.25) is 0 Å². The van der Waals surface area contributed by atoms with E-state index in [9.17, 15) is 5.11 Å². The average molecular weight is 334 g/mol. The zero-order valence-electron chi connectivity index (χ0n) is 13.9. The standard InChI is InChI=1S/C17H22N2O5/c1-12-5-14(18-24-12)7-19(2)8-15(20)10-21-9-13-3-4-16-17(6-13)23-11-22-16/h3-6,15,20H,7-11H2,1-2H3/t15-/m1/s1. The van der Waals surface area contributed by atoms with Gasteiger partial charge in [-0.1, -0.05) is 11.2 Å². The smallest absolute Gasteiger partial charge is 0.231 e. The van der Waals surface area contributed by atoms with Crippen LogP contribution in [-0.4, -0.2) is 48.3 Å². The summed E-state index contributed by atoms with van der Waals surface area (Å²) < 4.78 is 21.2. The topological polar surface area (TPSA) is 77.2 Å². The summed E-state index contributed by atoms with van der Waals surface area (Å²) in [6, 6.07) is 7.58. The minimum Gasteiger partial charge on any atom is -0.454 e. The van der Waals surface area contributed by atoms with Crippen LogP contribution in [0.1, 0.15) is 17.0 Å². The second kappa shape index (κ2) is 7.65. The van der Waals surface area contributed by atoms with Crippen LogP contribution >= 0.6 is 0 Å². The van der Waals surface area contributed by atoms with Gasteiger partial charge in [0.25, 0.3) is 0 Å². The molecule has 0 saturated carbocycles. The van der Waals surface area contributed by atoms with Gasteiger partial charge in [0, 0.05) is 19.2 Å². The van der Waals surface area contributed by atoms with Crippen molar-refractivity contribution in [2.24, 2.45) is 0 Å². The first-order valence-electron chi connectivity index (χ1n) is 7.85. The molecule has 2 aromatic rings. The van der Waals surface area contributed by atoms with Crippen molar-refractivity contribution in [1.82, 2.24) is 10.1 Å². The molecule has 0 fully saturated rings. The SMILES string of the molecule is Cc1cc(CN(C)C[C@@H](O)COCc2ccc3c(c2)OCO3)no1. The second-order valence-corrected chi connectivity index (χ2v) is 5.98. The Labute approximate surface area is 140 Å². The van der Waals surface area contributed by atoms with E-state index in [1.165, 1.54) is 0 Å². The van der Waals surface area contributed by atoms with E-state index in [4.69, 9.17) is 18.7 Å². The predicted octanol–water partition coefficient (Wildman–Crippen LogP) is 1.72. The van der Waals surface area contributed by atoms with Gasteiger partial charge in [0.15, 0.2) is 11.5 Å². The number of ether oxygens (including phenoxy) is 3. The van der Waals surface area contributed by atoms with Crippen LogP contribution in [0.5, 0.6) is 11.5 Å². The molecule has 1 aliphatic heterocycles. The van der Waals surface area contributed by atoms with Gasteiger partial charge < -0.3 is 23.8 Å². The van der Waals surface area contributed by atoms with Gasteiger partial charge in [-0.15, -0.1) is 0 Å². The lowest BCUT2D eigenvalue weighted by Crippen LogP contribution is -2.31. The molecule has 1 atom stereocenters. The molecule has 2 heterocycles. The van der Waals surface area contributed by atoms with Crippen LogP contribution in [0.15, 0.2) is 28.8 Å². The number of benzene rings is 1. The van der Waals surface area contributed by atoms with Crippen molar-refractivity contribution in [1.29, 1.82) is 0 Å². The largest absolute Gasteiger partial charge is 0.454 e. The Bertz CT molecular complexity index is 673. The average Bonchev–Trinajstić information content (AvgIpc) is 3.15. The van der Waals surface area contributed by atoms with Gasteiger partial charge in [-0.3, -0.25) is 4.90 Å². The Morgan fingerprint density at radius 3 is 2.92 bits per heavy atom. The van der Waals surface area contributed by atoms with Crippen molar-refractivity contribution in [3.8, 4) is 11.5 Å². The molecule has 0 aliphatic carbocycles. The molecule has 1 aromatic carbocycles. The summed E-state index contributed by atoms with van der Waals surface area (Å²) in [4.78, 5) is 1.98. The third-order valence-electron chi connectivity index (χ3n) is 3.65. The van der Waals surface area contributed by atoms with E-state index >= 15 is 0 Å². The zero-order chi connectivity index (χ0) is 16.9. The summed E-state index contributed by atoms with van der Waals surface area (Å²) in [5.74, 6) is 2.27. The number of nitrogens with zero attached hydrogens (tertiary/aromatic N) is 2. The molecule has 7 nitrogen and oxygen atoms in total. The van der Waals surface area contributed by atoms with Crippen molar-refractivity contribution in [3.05, 3.63) is 41.3 Å². The molecule has 3 rings (SSSR count). The van der Waals surface area contributed by atoms with Gasteiger partial charge in [-0.25, -0.2) is 0 Å². The number of aliphatic hydroxyl groups excluding tert-OH is 1. The first-order chi connectivity index (χ1) is 11.6. The maximum atomic E-state index is 10.1. The number of hydrogen-bond acceptors (Lipinski definition) is 7. The zero-order valence-corrected chi connectivity index (χ0v) is 13.9. The number of rotatable bonds is 8. The van der Waals surface area contributed by atoms with Crippen molar-refractivity contribution < 1.29 is 23.8 Å². The first kappa shape index (κ1) is 16.8. The van der Waals surface area contributed by atoms with Crippen molar-refractivity contribution in [2.75, 3.05) is 27.0 Å². The summed E-state index contributed by atoms with van der Waals surface area (Å²) in [5.41, 5.74) is 1.83. The van der Waals surface area contributed by atoms with E-state index in [2.05, 4.69) is 5.16 Å². The molecule has 0 amide bonds. The first-order valence-corrected chi connectivity index (χ1v) is 7.85. The molecule has 130 valence electrons. The molecule has 0 unspecified atom stereocenters. The minimum atomic E-state index is -0.572. The highest BCUT2D eigenvalue weighted by molar-refractivity contribution is 5.44. The molecule has 1 aliphatic rings. The van der Waals surface area contributed by atoms with Gasteiger partial charge in [-0.05, 0) is 31.7 Å². The van der Waals surface area contributed by atoms with Crippen LogP contribution in [0, 0.1) is 6.92 Å². The minimum absolute atomic E-state index is 0.260. The normalized spacial score (nSPS) is 14.3. The maximum Gasteiger partial charge on any atom is 0.231 e. The van der Waals surface area contributed by atoms with Gasteiger partial charge in [0.2, 0.25) is 6.79 Å². The lowest BCUT2D eigenvalue weighted by molar-refractivity contribution is 0.0124. The van der Waals surface area contributed by atoms with Crippen molar-refractivity contribution in [2.45, 2.75) is 26.2 Å². The molecule has 0 bridgehead atoms. The van der Waals surface area contributed by atoms with Crippen LogP contribution < -0.4 is 9.47 Å². The fourth-order valence-electron chi connectivity index (χ4n) is 2.59. The van der Waals surface area contributed by atoms with Crippen LogP contribution in [0.25, 0.3) is 0 Å². The summed E-state index contributed by atoms with van der Waals surface area (Å²) in [5, 5.41) is 14.0. The Morgan fingerprint density at radius 1 is 1.29 bits per heavy atom. The summed E-state index contributed by atoms with van der Waals surface area (Å²) >= 11 is 0. The van der Waals surface area contributed by atoms with Crippen LogP contribution in [0.4, 0.5) is 0 Å². The highest BCUT2D eigenvalue weighted by atomic mass is 16.7. The summed E-state index contributed by atoms with van der Waals surface area (Å²) in [6.07, 6.45) is -0.572. The van der Waals surface area contributed by atoms with Crippen molar-refractivity contribution >= 4 is 0 Å². The number of hydrogen-bond donors (Lipinski definition) is 1. The van der Waals surface area contributed by atoms with E-state index in [1.807, 2.05) is 43.1 Å². The number of aliphatic hydroxyl groups is 1. The molecular weight excluding hydrogens is 312 g/mol. The highest BCUT2D eigenvalue weighted by Crippen LogP contribution is 2.32. The highest BCUT2D eigenvalue weighted by Gasteiger charge is 2.14. The Balaban J connectivity index is 1.38. The second-order valence-electron chi connectivity index (χ2n) is 5.98. The van der Waals surface area contributed by atoms with E-state index in [0.717, 1.165) is 28.5 Å². The Morgan fingerprint density at radius 2 is 2.12 bits per heavy atom. The monoisotopic (exact) mass is 334 g/mol. The Hall–Kier alpha value is -2.09. The molecular formula is C17H22N2O5. The maximum absolute atomic E-state index is 10.1. The van der Waals surface area contributed by atoms with Gasteiger partial charge in [0.05, 0.1) is 25.0 Å². The fraction of sp³-hybridized carbons (Fsp3) is 0.471. The molecule has 7 heteroatoms. The molecule has 0 saturated heterocycles. The summed E-state index contributed by atoms with van der Waals surface area (Å²) in [6.45, 7) is 3.91. The van der Waals surface area contributed by atoms with Gasteiger partial charge in [0.1, 0.15) is 5.76 Å². The van der Waals surface area contributed by atoms with E-state index in [0.29, 0.717) is 19.7 Å². The summed E-state index contributed by atoms with van der Waals surface area (Å²) in [7, 11) is 1.92. The third-order valence-corrected chi connectivity index (χ3v) is 3.65. The fourth-order valence-corrected chi connectivity index (χ4v) is 2.59. The number of fused-ring (bicyclic) bond motifs is 1. The number of aryl methyl sites for hydroxylation is 1. The van der Waals surface area contributed by atoms with E-state index in [1.54, 1.807) is 0 Å². The lowest BCUT2D eigenvalue weighted by Gasteiger charge is -2.19. The predicted molar refractivity (Wildman–Crippen MR) is 85.8 cm³/mol. The molecule has 1 N–H and O–H groups in total. The van der Waals surface area contributed by atoms with E-state index < -0.39 is 6.10 Å². The third kappa shape index (κ3) is 4.47. The van der Waals surface area contributed by atoms with Crippen LogP contribution in [0.3, 0.4) is 0 Å². The van der Waals surface area contributed by atoms with Crippen LogP contribution in [-0.2, 0) is 17.9 Å². The molecule has 0 radical (unpaired) electrons. The number of likely N-dealkylation sites (N-methyl/N-ethyl adjacent to an activating group) is 1. The Kier molecular flexibility index (Phi) is 5.34. The van der Waals surface area contributed by atoms with Gasteiger partial charge in [-0.2, -0.15) is 0 Å². The molecule has 0 spiro atoms. The van der Waals surface area contributed by atoms with Crippen molar-refractivity contribution in [3.63, 3.8) is 0 Å². The quantitative estimate of drug-likeness (QED) is 0.787. The number of aromatic nitrogens is 1. The molecule has 1 aromatic heterocycles. The van der Waals surface area contributed by atoms with Gasteiger partial charge >= 0.3 is 0 Å². The van der Waals surface area contributed by atoms with E-state index in [-0.39, 0.29) is 13.4 Å².